The third-order valence-electron chi connectivity index (χ3n) is 3.99. The summed E-state index contributed by atoms with van der Waals surface area (Å²) in [6, 6.07) is 15.4. The molecule has 0 atom stereocenters. The molecule has 0 spiro atoms. The van der Waals surface area contributed by atoms with Crippen molar-refractivity contribution in [2.45, 2.75) is 13.8 Å². The number of rotatable bonds is 5. The molecule has 3 rings (SSSR count). The number of nitro benzene ring substituents is 1. The molecule has 8 heteroatoms. The lowest BCUT2D eigenvalue weighted by molar-refractivity contribution is -0.384. The third kappa shape index (κ3) is 4.24. The first-order chi connectivity index (χ1) is 12.9. The van der Waals surface area contributed by atoms with Crippen molar-refractivity contribution in [1.82, 2.24) is 15.6 Å². The van der Waals surface area contributed by atoms with Crippen LogP contribution in [0, 0.1) is 17.0 Å². The minimum Gasteiger partial charge on any atom is -0.272 e. The molecule has 0 aliphatic heterocycles. The summed E-state index contributed by atoms with van der Waals surface area (Å²) in [5.74, 6) is -0.429. The number of aromatic amines is 1. The Labute approximate surface area is 155 Å². The van der Waals surface area contributed by atoms with E-state index in [2.05, 4.69) is 20.7 Å². The highest BCUT2D eigenvalue weighted by Crippen LogP contribution is 2.18. The number of benzene rings is 2. The molecule has 2 N–H and O–H groups in total. The Kier molecular flexibility index (Phi) is 5.07. The number of nitrogens with zero attached hydrogens (tertiary/aromatic N) is 3. The van der Waals surface area contributed by atoms with E-state index in [1.54, 1.807) is 25.1 Å². The zero-order valence-electron chi connectivity index (χ0n) is 14.8. The summed E-state index contributed by atoms with van der Waals surface area (Å²) in [4.78, 5) is 22.5. The topological polar surface area (TPSA) is 113 Å². The summed E-state index contributed by atoms with van der Waals surface area (Å²) < 4.78 is 0. The van der Waals surface area contributed by atoms with Gasteiger partial charge in [-0.2, -0.15) is 10.2 Å². The predicted molar refractivity (Wildman–Crippen MR) is 102 cm³/mol. The lowest BCUT2D eigenvalue weighted by Gasteiger charge is -2.01. The van der Waals surface area contributed by atoms with Crippen LogP contribution >= 0.6 is 0 Å². The van der Waals surface area contributed by atoms with Gasteiger partial charge in [0.25, 0.3) is 11.6 Å². The SMILES string of the molecule is C/C(=N\NC(=O)c1cc(-c2ccc(C)cc2)n[nH]1)c1ccc([N+](=O)[O-])cc1. The van der Waals surface area contributed by atoms with E-state index >= 15 is 0 Å². The van der Waals surface area contributed by atoms with E-state index in [1.165, 1.54) is 12.1 Å². The molecule has 0 unspecified atom stereocenters. The Morgan fingerprint density at radius 3 is 2.44 bits per heavy atom. The molecule has 0 aliphatic carbocycles. The van der Waals surface area contributed by atoms with Gasteiger partial charge in [0.1, 0.15) is 5.69 Å². The van der Waals surface area contributed by atoms with Crippen molar-refractivity contribution in [3.63, 3.8) is 0 Å². The predicted octanol–water partition coefficient (Wildman–Crippen LogP) is 3.45. The number of nitro groups is 1. The first-order valence-electron chi connectivity index (χ1n) is 8.16. The van der Waals surface area contributed by atoms with Gasteiger partial charge in [-0.1, -0.05) is 29.8 Å². The maximum Gasteiger partial charge on any atom is 0.289 e. The molecule has 0 saturated carbocycles. The van der Waals surface area contributed by atoms with Crippen LogP contribution in [0.25, 0.3) is 11.3 Å². The summed E-state index contributed by atoms with van der Waals surface area (Å²) in [5, 5.41) is 21.6. The van der Waals surface area contributed by atoms with Crippen LogP contribution in [0.2, 0.25) is 0 Å². The molecule has 0 saturated heterocycles. The van der Waals surface area contributed by atoms with Crippen molar-refractivity contribution in [1.29, 1.82) is 0 Å². The molecule has 2 aromatic carbocycles. The number of carbonyl (C=O) groups is 1. The van der Waals surface area contributed by atoms with Crippen molar-refractivity contribution in [2.75, 3.05) is 0 Å². The zero-order valence-corrected chi connectivity index (χ0v) is 14.8. The maximum atomic E-state index is 12.2. The number of carbonyl (C=O) groups excluding carboxylic acids is 1. The van der Waals surface area contributed by atoms with Gasteiger partial charge in [-0.25, -0.2) is 5.43 Å². The Balaban J connectivity index is 1.69. The number of aryl methyl sites for hydroxylation is 1. The second kappa shape index (κ2) is 7.61. The molecular weight excluding hydrogens is 346 g/mol. The molecule has 0 radical (unpaired) electrons. The number of H-pyrrole nitrogens is 1. The minimum atomic E-state index is -0.470. The van der Waals surface area contributed by atoms with Gasteiger partial charge in [0, 0.05) is 17.7 Å². The van der Waals surface area contributed by atoms with E-state index < -0.39 is 10.8 Å². The lowest BCUT2D eigenvalue weighted by Crippen LogP contribution is -2.19. The van der Waals surface area contributed by atoms with Gasteiger partial charge in [0.15, 0.2) is 0 Å². The zero-order chi connectivity index (χ0) is 19.4. The molecule has 0 fully saturated rings. The highest BCUT2D eigenvalue weighted by molar-refractivity contribution is 6.00. The van der Waals surface area contributed by atoms with Gasteiger partial charge in [-0.15, -0.1) is 0 Å². The van der Waals surface area contributed by atoms with Gasteiger partial charge in [0.2, 0.25) is 0 Å². The summed E-state index contributed by atoms with van der Waals surface area (Å²) in [5.41, 5.74) is 6.64. The van der Waals surface area contributed by atoms with Crippen molar-refractivity contribution in [3.8, 4) is 11.3 Å². The third-order valence-corrected chi connectivity index (χ3v) is 3.99. The number of aromatic nitrogens is 2. The minimum absolute atomic E-state index is 0.00307. The fourth-order valence-electron chi connectivity index (χ4n) is 2.39. The van der Waals surface area contributed by atoms with E-state index in [1.807, 2.05) is 31.2 Å². The van der Waals surface area contributed by atoms with Crippen LogP contribution in [0.5, 0.6) is 0 Å². The van der Waals surface area contributed by atoms with Crippen LogP contribution < -0.4 is 5.43 Å². The van der Waals surface area contributed by atoms with Gasteiger partial charge >= 0.3 is 0 Å². The van der Waals surface area contributed by atoms with E-state index in [-0.39, 0.29) is 11.4 Å². The van der Waals surface area contributed by atoms with Gasteiger partial charge in [-0.05, 0) is 37.6 Å². The molecule has 1 heterocycles. The van der Waals surface area contributed by atoms with Gasteiger partial charge < -0.3 is 0 Å². The number of amides is 1. The van der Waals surface area contributed by atoms with Crippen LogP contribution in [-0.4, -0.2) is 26.7 Å². The molecular formula is C19H17N5O3. The Morgan fingerprint density at radius 1 is 1.15 bits per heavy atom. The van der Waals surface area contributed by atoms with Gasteiger partial charge in [0.05, 0.1) is 16.3 Å². The molecule has 3 aromatic rings. The molecule has 0 bridgehead atoms. The van der Waals surface area contributed by atoms with E-state index in [4.69, 9.17) is 0 Å². The number of hydrogen-bond acceptors (Lipinski definition) is 5. The smallest absolute Gasteiger partial charge is 0.272 e. The average Bonchev–Trinajstić information content (AvgIpc) is 3.16. The van der Waals surface area contributed by atoms with Crippen molar-refractivity contribution < 1.29 is 9.72 Å². The number of nitrogens with one attached hydrogen (secondary N) is 2. The largest absolute Gasteiger partial charge is 0.289 e. The van der Waals surface area contributed by atoms with E-state index in [0.29, 0.717) is 17.0 Å². The molecule has 136 valence electrons. The lowest BCUT2D eigenvalue weighted by atomic mass is 10.1. The standard InChI is InChI=1S/C19H17N5O3/c1-12-3-5-15(6-4-12)17-11-18(22-21-17)19(25)23-20-13(2)14-7-9-16(10-8-14)24(26)27/h3-11H,1-2H3,(H,21,22)(H,23,25)/b20-13+. The molecule has 1 amide bonds. The Hall–Kier alpha value is -3.81. The highest BCUT2D eigenvalue weighted by atomic mass is 16.6. The van der Waals surface area contributed by atoms with Crippen molar-refractivity contribution in [2.24, 2.45) is 5.10 Å². The Bertz CT molecular complexity index is 1000. The van der Waals surface area contributed by atoms with Gasteiger partial charge in [-0.3, -0.25) is 20.0 Å². The van der Waals surface area contributed by atoms with E-state index in [9.17, 15) is 14.9 Å². The summed E-state index contributed by atoms with van der Waals surface area (Å²) >= 11 is 0. The average molecular weight is 363 g/mol. The summed E-state index contributed by atoms with van der Waals surface area (Å²) in [6.07, 6.45) is 0. The Morgan fingerprint density at radius 2 is 1.81 bits per heavy atom. The number of non-ortho nitro benzene ring substituents is 1. The quantitative estimate of drug-likeness (QED) is 0.410. The molecule has 8 nitrogen and oxygen atoms in total. The van der Waals surface area contributed by atoms with Crippen LogP contribution in [0.15, 0.2) is 59.7 Å². The van der Waals surface area contributed by atoms with Crippen molar-refractivity contribution >= 4 is 17.3 Å². The van der Waals surface area contributed by atoms with Crippen LogP contribution in [0.3, 0.4) is 0 Å². The highest BCUT2D eigenvalue weighted by Gasteiger charge is 2.11. The molecule has 1 aromatic heterocycles. The fraction of sp³-hybridized carbons (Fsp3) is 0.105. The number of hydrazone groups is 1. The van der Waals surface area contributed by atoms with Crippen molar-refractivity contribution in [3.05, 3.63) is 81.5 Å². The fourth-order valence-corrected chi connectivity index (χ4v) is 2.39. The first kappa shape index (κ1) is 18.0. The molecule has 0 aliphatic rings. The molecule has 27 heavy (non-hydrogen) atoms. The maximum absolute atomic E-state index is 12.2. The normalized spacial score (nSPS) is 11.3. The first-order valence-corrected chi connectivity index (χ1v) is 8.16. The summed E-state index contributed by atoms with van der Waals surface area (Å²) in [6.45, 7) is 3.70. The monoisotopic (exact) mass is 363 g/mol. The van der Waals surface area contributed by atoms with E-state index in [0.717, 1.165) is 11.1 Å². The number of hydrogen-bond donors (Lipinski definition) is 2. The van der Waals surface area contributed by atoms with Crippen LogP contribution in [0.4, 0.5) is 5.69 Å². The van der Waals surface area contributed by atoms with Crippen LogP contribution in [-0.2, 0) is 0 Å². The van der Waals surface area contributed by atoms with Crippen LogP contribution in [0.1, 0.15) is 28.5 Å². The summed E-state index contributed by atoms with van der Waals surface area (Å²) in [7, 11) is 0. The second-order valence-electron chi connectivity index (χ2n) is 5.98. The second-order valence-corrected chi connectivity index (χ2v) is 5.98.